The van der Waals surface area contributed by atoms with Gasteiger partial charge in [-0.1, -0.05) is 0 Å². The Morgan fingerprint density at radius 1 is 1.42 bits per heavy atom. The molecule has 5 heteroatoms. The van der Waals surface area contributed by atoms with Crippen LogP contribution in [0.2, 0.25) is 0 Å². The number of thioether (sulfide) groups is 1. The minimum absolute atomic E-state index is 0.0111. The number of halogens is 1. The Bertz CT molecular complexity index is 397. The lowest BCUT2D eigenvalue weighted by atomic mass is 10.3. The van der Waals surface area contributed by atoms with Crippen LogP contribution in [0.1, 0.15) is 13.3 Å². The van der Waals surface area contributed by atoms with Crippen molar-refractivity contribution in [1.82, 2.24) is 4.90 Å². The number of amides is 1. The van der Waals surface area contributed by atoms with Crippen LogP contribution in [-0.4, -0.2) is 42.5 Å². The van der Waals surface area contributed by atoms with Gasteiger partial charge in [0.25, 0.3) is 0 Å². The molecule has 0 aliphatic heterocycles. The second-order valence-corrected chi connectivity index (χ2v) is 5.47. The Kier molecular flexibility index (Phi) is 6.70. The van der Waals surface area contributed by atoms with Crippen molar-refractivity contribution in [2.45, 2.75) is 18.6 Å². The smallest absolute Gasteiger partial charge is 0.235 e. The van der Waals surface area contributed by atoms with Crippen LogP contribution in [0.3, 0.4) is 0 Å². The Labute approximate surface area is 118 Å². The molecule has 1 atom stereocenters. The maximum atomic E-state index is 12.7. The summed E-state index contributed by atoms with van der Waals surface area (Å²) >= 11 is 1.54. The Hall–Kier alpha value is -1.23. The molecule has 1 amide bonds. The summed E-state index contributed by atoms with van der Waals surface area (Å²) in [6.45, 7) is 3.07. The molecule has 0 heterocycles. The van der Waals surface area contributed by atoms with Gasteiger partial charge in [-0.15, -0.1) is 0 Å². The molecule has 0 N–H and O–H groups in total. The second kappa shape index (κ2) is 8.04. The molecule has 0 saturated carbocycles. The van der Waals surface area contributed by atoms with Crippen molar-refractivity contribution in [1.29, 1.82) is 0 Å². The van der Waals surface area contributed by atoms with Crippen LogP contribution in [0.4, 0.5) is 4.39 Å². The summed E-state index contributed by atoms with van der Waals surface area (Å²) in [6.07, 6.45) is 2.68. The highest BCUT2D eigenvalue weighted by Gasteiger charge is 2.15. The van der Waals surface area contributed by atoms with Gasteiger partial charge in [0, 0.05) is 13.6 Å². The van der Waals surface area contributed by atoms with Crippen molar-refractivity contribution in [3.8, 4) is 5.75 Å². The van der Waals surface area contributed by atoms with Crippen LogP contribution in [0.25, 0.3) is 0 Å². The lowest BCUT2D eigenvalue weighted by Gasteiger charge is -2.20. The summed E-state index contributed by atoms with van der Waals surface area (Å²) in [5, 5.41) is -0.0111. The van der Waals surface area contributed by atoms with Crippen LogP contribution in [0.15, 0.2) is 24.3 Å². The summed E-state index contributed by atoms with van der Waals surface area (Å²) < 4.78 is 18.1. The monoisotopic (exact) mass is 285 g/mol. The molecular weight excluding hydrogens is 265 g/mol. The Morgan fingerprint density at radius 2 is 2.05 bits per heavy atom. The quantitative estimate of drug-likeness (QED) is 0.722. The van der Waals surface area contributed by atoms with Gasteiger partial charge in [-0.25, -0.2) is 4.39 Å². The van der Waals surface area contributed by atoms with Gasteiger partial charge in [-0.3, -0.25) is 4.79 Å². The van der Waals surface area contributed by atoms with E-state index in [0.717, 1.165) is 6.42 Å². The number of carbonyl (C=O) groups excluding carboxylic acids is 1. The first-order valence-corrected chi connectivity index (χ1v) is 7.49. The van der Waals surface area contributed by atoms with E-state index in [-0.39, 0.29) is 17.0 Å². The maximum Gasteiger partial charge on any atom is 0.235 e. The molecule has 0 spiro atoms. The SMILES string of the molecule is CSC(C)C(=O)N(C)CCCOc1ccc(F)cc1. The number of nitrogens with zero attached hydrogens (tertiary/aromatic N) is 1. The molecule has 0 bridgehead atoms. The van der Waals surface area contributed by atoms with E-state index in [0.29, 0.717) is 18.9 Å². The zero-order chi connectivity index (χ0) is 14.3. The van der Waals surface area contributed by atoms with E-state index >= 15 is 0 Å². The Balaban J connectivity index is 2.23. The molecule has 1 unspecified atom stereocenters. The molecule has 1 rings (SSSR count). The first kappa shape index (κ1) is 15.8. The van der Waals surface area contributed by atoms with Crippen molar-refractivity contribution in [3.05, 3.63) is 30.1 Å². The minimum Gasteiger partial charge on any atom is -0.494 e. The minimum atomic E-state index is -0.274. The fourth-order valence-corrected chi connectivity index (χ4v) is 1.93. The van der Waals surface area contributed by atoms with E-state index in [1.54, 1.807) is 35.8 Å². The first-order valence-electron chi connectivity index (χ1n) is 6.20. The average molecular weight is 285 g/mol. The van der Waals surface area contributed by atoms with Gasteiger partial charge in [0.15, 0.2) is 0 Å². The van der Waals surface area contributed by atoms with Gasteiger partial charge in [-0.05, 0) is 43.9 Å². The summed E-state index contributed by atoms with van der Waals surface area (Å²) in [6, 6.07) is 5.93. The van der Waals surface area contributed by atoms with Crippen LogP contribution < -0.4 is 4.74 Å². The Morgan fingerprint density at radius 3 is 2.63 bits per heavy atom. The van der Waals surface area contributed by atoms with Gasteiger partial charge in [0.2, 0.25) is 5.91 Å². The van der Waals surface area contributed by atoms with Crippen molar-refractivity contribution in [2.24, 2.45) is 0 Å². The molecular formula is C14H20FNO2S. The molecule has 0 aromatic heterocycles. The average Bonchev–Trinajstić information content (AvgIpc) is 2.43. The van der Waals surface area contributed by atoms with E-state index in [4.69, 9.17) is 4.74 Å². The largest absolute Gasteiger partial charge is 0.494 e. The van der Waals surface area contributed by atoms with Crippen molar-refractivity contribution in [3.63, 3.8) is 0 Å². The van der Waals surface area contributed by atoms with Crippen LogP contribution in [-0.2, 0) is 4.79 Å². The molecule has 0 aliphatic carbocycles. The molecule has 0 aliphatic rings. The summed E-state index contributed by atoms with van der Waals surface area (Å²) in [7, 11) is 1.80. The lowest BCUT2D eigenvalue weighted by molar-refractivity contribution is -0.129. The predicted octanol–water partition coefficient (Wildman–Crippen LogP) is 2.80. The van der Waals surface area contributed by atoms with Crippen LogP contribution >= 0.6 is 11.8 Å². The van der Waals surface area contributed by atoms with Crippen LogP contribution in [0.5, 0.6) is 5.75 Å². The standard InChI is InChI=1S/C14H20FNO2S/c1-11(19-3)14(17)16(2)9-4-10-18-13-7-5-12(15)6-8-13/h5-8,11H,4,9-10H2,1-3H3. The van der Waals surface area contributed by atoms with E-state index in [9.17, 15) is 9.18 Å². The highest BCUT2D eigenvalue weighted by Crippen LogP contribution is 2.12. The van der Waals surface area contributed by atoms with E-state index in [1.807, 2.05) is 13.2 Å². The van der Waals surface area contributed by atoms with E-state index in [2.05, 4.69) is 0 Å². The normalized spacial score (nSPS) is 12.0. The molecule has 0 radical (unpaired) electrons. The van der Waals surface area contributed by atoms with Crippen LogP contribution in [0, 0.1) is 5.82 Å². The van der Waals surface area contributed by atoms with Gasteiger partial charge in [-0.2, -0.15) is 11.8 Å². The molecule has 1 aromatic rings. The van der Waals surface area contributed by atoms with E-state index in [1.165, 1.54) is 12.1 Å². The third-order valence-corrected chi connectivity index (χ3v) is 3.71. The number of hydrogen-bond acceptors (Lipinski definition) is 3. The van der Waals surface area contributed by atoms with Crippen molar-refractivity contribution < 1.29 is 13.9 Å². The predicted molar refractivity (Wildman–Crippen MR) is 77.1 cm³/mol. The van der Waals surface area contributed by atoms with Gasteiger partial charge in [0.1, 0.15) is 11.6 Å². The second-order valence-electron chi connectivity index (χ2n) is 4.29. The zero-order valence-electron chi connectivity index (χ0n) is 11.6. The number of ether oxygens (including phenoxy) is 1. The lowest BCUT2D eigenvalue weighted by Crippen LogP contribution is -2.34. The molecule has 0 fully saturated rings. The third kappa shape index (κ3) is 5.51. The number of carbonyl (C=O) groups is 1. The zero-order valence-corrected chi connectivity index (χ0v) is 12.4. The fraction of sp³-hybridized carbons (Fsp3) is 0.500. The van der Waals surface area contributed by atoms with Crippen molar-refractivity contribution in [2.75, 3.05) is 26.5 Å². The molecule has 3 nitrogen and oxygen atoms in total. The molecule has 0 saturated heterocycles. The molecule has 19 heavy (non-hydrogen) atoms. The summed E-state index contributed by atoms with van der Waals surface area (Å²) in [5.41, 5.74) is 0. The topological polar surface area (TPSA) is 29.5 Å². The first-order chi connectivity index (χ1) is 9.04. The molecule has 1 aromatic carbocycles. The summed E-state index contributed by atoms with van der Waals surface area (Å²) in [4.78, 5) is 13.5. The maximum absolute atomic E-state index is 12.7. The number of hydrogen-bond donors (Lipinski definition) is 0. The van der Waals surface area contributed by atoms with Gasteiger partial charge in [0.05, 0.1) is 11.9 Å². The van der Waals surface area contributed by atoms with Gasteiger partial charge < -0.3 is 9.64 Å². The number of benzene rings is 1. The highest BCUT2D eigenvalue weighted by atomic mass is 32.2. The fourth-order valence-electron chi connectivity index (χ4n) is 1.54. The third-order valence-electron chi connectivity index (χ3n) is 2.80. The highest BCUT2D eigenvalue weighted by molar-refractivity contribution is 7.99. The summed E-state index contributed by atoms with van der Waals surface area (Å²) in [5.74, 6) is 0.505. The van der Waals surface area contributed by atoms with E-state index < -0.39 is 0 Å². The van der Waals surface area contributed by atoms with Gasteiger partial charge >= 0.3 is 0 Å². The molecule has 106 valence electrons. The number of rotatable bonds is 7. The van der Waals surface area contributed by atoms with Crippen molar-refractivity contribution >= 4 is 17.7 Å².